The molecule has 1 aliphatic carbocycles. The van der Waals surface area contributed by atoms with Crippen LogP contribution in [0.25, 0.3) is 0 Å². The van der Waals surface area contributed by atoms with Crippen LogP contribution in [-0.2, 0) is 6.42 Å². The number of piperidine rings is 1. The lowest BCUT2D eigenvalue weighted by Crippen LogP contribution is -2.48. The number of hydrogen-bond donors (Lipinski definition) is 2. The van der Waals surface area contributed by atoms with E-state index in [0.29, 0.717) is 0 Å². The Bertz CT molecular complexity index is 728. The van der Waals surface area contributed by atoms with Gasteiger partial charge in [0.25, 0.3) is 0 Å². The molecular formula is C19H23N5O. The summed E-state index contributed by atoms with van der Waals surface area (Å²) in [6.45, 7) is 1.72. The standard InChI is InChI=1S/C19H23N5O/c25-19(23-17-7-6-14-4-1-2-5-16(14)17)22-15-8-12-24(13-9-15)18-20-10-3-11-21-18/h1-5,10-11,15,17H,6-9,12-13H2,(H2,22,23,25)/t17-/m1/s1. The Kier molecular flexibility index (Phi) is 4.50. The van der Waals surface area contributed by atoms with Crippen LogP contribution < -0.4 is 15.5 Å². The highest BCUT2D eigenvalue weighted by Crippen LogP contribution is 2.30. The third-order valence-electron chi connectivity index (χ3n) is 5.10. The van der Waals surface area contributed by atoms with Crippen LogP contribution in [0.15, 0.2) is 42.7 Å². The van der Waals surface area contributed by atoms with Crippen molar-refractivity contribution in [1.29, 1.82) is 0 Å². The van der Waals surface area contributed by atoms with E-state index in [0.717, 1.165) is 44.7 Å². The third-order valence-corrected chi connectivity index (χ3v) is 5.10. The molecule has 1 atom stereocenters. The minimum atomic E-state index is -0.0592. The predicted octanol–water partition coefficient (Wildman–Crippen LogP) is 2.43. The highest BCUT2D eigenvalue weighted by Gasteiger charge is 2.26. The number of rotatable bonds is 3. The largest absolute Gasteiger partial charge is 0.341 e. The monoisotopic (exact) mass is 337 g/mol. The summed E-state index contributed by atoms with van der Waals surface area (Å²) < 4.78 is 0. The Labute approximate surface area is 147 Å². The maximum Gasteiger partial charge on any atom is 0.315 e. The van der Waals surface area contributed by atoms with Gasteiger partial charge >= 0.3 is 6.03 Å². The minimum absolute atomic E-state index is 0.0592. The van der Waals surface area contributed by atoms with E-state index in [4.69, 9.17) is 0 Å². The third kappa shape index (κ3) is 3.57. The molecule has 1 saturated heterocycles. The van der Waals surface area contributed by atoms with Crippen molar-refractivity contribution in [2.24, 2.45) is 0 Å². The van der Waals surface area contributed by atoms with Crippen LogP contribution >= 0.6 is 0 Å². The summed E-state index contributed by atoms with van der Waals surface area (Å²) in [5, 5.41) is 6.27. The van der Waals surface area contributed by atoms with Crippen molar-refractivity contribution in [3.63, 3.8) is 0 Å². The summed E-state index contributed by atoms with van der Waals surface area (Å²) in [5.41, 5.74) is 2.61. The Balaban J connectivity index is 1.27. The van der Waals surface area contributed by atoms with Crippen LogP contribution in [0.1, 0.15) is 36.4 Å². The summed E-state index contributed by atoms with van der Waals surface area (Å²) in [4.78, 5) is 23.1. The summed E-state index contributed by atoms with van der Waals surface area (Å²) in [7, 11) is 0. The fraction of sp³-hybridized carbons (Fsp3) is 0.421. The number of carbonyl (C=O) groups excluding carboxylic acids is 1. The van der Waals surface area contributed by atoms with Gasteiger partial charge in [-0.25, -0.2) is 14.8 Å². The van der Waals surface area contributed by atoms with Crippen molar-refractivity contribution < 1.29 is 4.79 Å². The molecule has 2 amide bonds. The molecule has 1 fully saturated rings. The van der Waals surface area contributed by atoms with Gasteiger partial charge in [-0.05, 0) is 42.9 Å². The van der Waals surface area contributed by atoms with E-state index in [2.05, 4.69) is 43.7 Å². The zero-order valence-corrected chi connectivity index (χ0v) is 14.2. The number of nitrogens with zero attached hydrogens (tertiary/aromatic N) is 3. The summed E-state index contributed by atoms with van der Waals surface area (Å²) >= 11 is 0. The first-order chi connectivity index (χ1) is 12.3. The Morgan fingerprint density at radius 2 is 1.76 bits per heavy atom. The van der Waals surface area contributed by atoms with Crippen LogP contribution in [0.3, 0.4) is 0 Å². The van der Waals surface area contributed by atoms with Crippen molar-refractivity contribution in [1.82, 2.24) is 20.6 Å². The number of aryl methyl sites for hydroxylation is 1. The Morgan fingerprint density at radius 1 is 1.00 bits per heavy atom. The number of anilines is 1. The van der Waals surface area contributed by atoms with Gasteiger partial charge in [0.1, 0.15) is 0 Å². The van der Waals surface area contributed by atoms with Gasteiger partial charge in [0.2, 0.25) is 5.95 Å². The lowest BCUT2D eigenvalue weighted by molar-refractivity contribution is 0.230. The number of benzene rings is 1. The molecule has 1 aromatic heterocycles. The second kappa shape index (κ2) is 7.09. The molecule has 2 aromatic rings. The predicted molar refractivity (Wildman–Crippen MR) is 96.4 cm³/mol. The normalized spacial score (nSPS) is 20.2. The molecule has 4 rings (SSSR count). The molecule has 0 bridgehead atoms. The van der Waals surface area contributed by atoms with E-state index in [1.165, 1.54) is 11.1 Å². The lowest BCUT2D eigenvalue weighted by atomic mass is 10.1. The number of aromatic nitrogens is 2. The van der Waals surface area contributed by atoms with Crippen LogP contribution in [0.2, 0.25) is 0 Å². The van der Waals surface area contributed by atoms with Crippen molar-refractivity contribution in [2.45, 2.75) is 37.8 Å². The molecule has 6 nitrogen and oxygen atoms in total. The molecule has 130 valence electrons. The number of nitrogens with one attached hydrogen (secondary N) is 2. The Morgan fingerprint density at radius 3 is 2.56 bits per heavy atom. The smallest absolute Gasteiger partial charge is 0.315 e. The van der Waals surface area contributed by atoms with E-state index in [1.54, 1.807) is 12.4 Å². The Hall–Kier alpha value is -2.63. The number of urea groups is 1. The fourth-order valence-corrected chi connectivity index (χ4v) is 3.77. The molecule has 2 aliphatic rings. The van der Waals surface area contributed by atoms with E-state index < -0.39 is 0 Å². The van der Waals surface area contributed by atoms with Gasteiger partial charge in [0.15, 0.2) is 0 Å². The molecule has 1 aromatic carbocycles. The van der Waals surface area contributed by atoms with Crippen LogP contribution in [0.4, 0.5) is 10.7 Å². The quantitative estimate of drug-likeness (QED) is 0.902. The molecule has 1 aliphatic heterocycles. The first-order valence-electron chi connectivity index (χ1n) is 8.96. The molecule has 0 saturated carbocycles. The van der Waals surface area contributed by atoms with Crippen LogP contribution in [0, 0.1) is 0 Å². The van der Waals surface area contributed by atoms with Crippen LogP contribution in [-0.4, -0.2) is 35.1 Å². The first kappa shape index (κ1) is 15.9. The number of carbonyl (C=O) groups is 1. The highest BCUT2D eigenvalue weighted by molar-refractivity contribution is 5.75. The molecule has 6 heteroatoms. The highest BCUT2D eigenvalue weighted by atomic mass is 16.2. The summed E-state index contributed by atoms with van der Waals surface area (Å²) in [6.07, 6.45) is 7.37. The second-order valence-electron chi connectivity index (χ2n) is 6.72. The average molecular weight is 337 g/mol. The zero-order valence-electron chi connectivity index (χ0n) is 14.2. The fourth-order valence-electron chi connectivity index (χ4n) is 3.77. The van der Waals surface area contributed by atoms with Gasteiger partial charge in [-0.3, -0.25) is 0 Å². The lowest BCUT2D eigenvalue weighted by Gasteiger charge is -2.32. The van der Waals surface area contributed by atoms with E-state index in [9.17, 15) is 4.79 Å². The van der Waals surface area contributed by atoms with Crippen molar-refractivity contribution in [3.05, 3.63) is 53.9 Å². The average Bonchev–Trinajstić information content (AvgIpc) is 3.06. The van der Waals surface area contributed by atoms with Gasteiger partial charge in [0.05, 0.1) is 6.04 Å². The molecule has 25 heavy (non-hydrogen) atoms. The number of amides is 2. The molecule has 0 unspecified atom stereocenters. The van der Waals surface area contributed by atoms with Crippen molar-refractivity contribution in [2.75, 3.05) is 18.0 Å². The van der Waals surface area contributed by atoms with Gasteiger partial charge in [-0.1, -0.05) is 24.3 Å². The van der Waals surface area contributed by atoms with E-state index >= 15 is 0 Å². The van der Waals surface area contributed by atoms with E-state index in [1.807, 2.05) is 12.1 Å². The van der Waals surface area contributed by atoms with Gasteiger partial charge < -0.3 is 15.5 Å². The summed E-state index contributed by atoms with van der Waals surface area (Å²) in [6, 6.07) is 10.5. The molecule has 2 N–H and O–H groups in total. The number of fused-ring (bicyclic) bond motifs is 1. The van der Waals surface area contributed by atoms with Gasteiger partial charge in [-0.2, -0.15) is 0 Å². The topological polar surface area (TPSA) is 70.2 Å². The first-order valence-corrected chi connectivity index (χ1v) is 8.96. The summed E-state index contributed by atoms with van der Waals surface area (Å²) in [5.74, 6) is 0.771. The zero-order chi connectivity index (χ0) is 17.1. The number of hydrogen-bond acceptors (Lipinski definition) is 4. The molecule has 0 spiro atoms. The van der Waals surface area contributed by atoms with E-state index in [-0.39, 0.29) is 18.1 Å². The van der Waals surface area contributed by atoms with Crippen LogP contribution in [0.5, 0.6) is 0 Å². The molecule has 2 heterocycles. The maximum absolute atomic E-state index is 12.4. The van der Waals surface area contributed by atoms with Gasteiger partial charge in [0, 0.05) is 31.5 Å². The van der Waals surface area contributed by atoms with Crippen molar-refractivity contribution >= 4 is 12.0 Å². The van der Waals surface area contributed by atoms with Crippen molar-refractivity contribution in [3.8, 4) is 0 Å². The molecule has 0 radical (unpaired) electrons. The SMILES string of the molecule is O=C(NC1CCN(c2ncccn2)CC1)N[C@@H]1CCc2ccccc21. The maximum atomic E-state index is 12.4. The van der Waals surface area contributed by atoms with Gasteiger partial charge in [-0.15, -0.1) is 0 Å². The second-order valence-corrected chi connectivity index (χ2v) is 6.72. The minimum Gasteiger partial charge on any atom is -0.341 e. The molecular weight excluding hydrogens is 314 g/mol.